The minimum Gasteiger partial charge on any atom is -0.493 e. The van der Waals surface area contributed by atoms with Crippen LogP contribution in [0.2, 0.25) is 0 Å². The van der Waals surface area contributed by atoms with Crippen molar-refractivity contribution in [2.24, 2.45) is 11.7 Å². The molecule has 0 aliphatic rings. The minimum absolute atomic E-state index is 0.0728. The Hall–Kier alpha value is -1.23. The summed E-state index contributed by atoms with van der Waals surface area (Å²) in [5.41, 5.74) is 6.06. The summed E-state index contributed by atoms with van der Waals surface area (Å²) >= 11 is 0. The number of nitrogens with two attached hydrogens (primary N) is 1. The van der Waals surface area contributed by atoms with Gasteiger partial charge in [0.15, 0.2) is 0 Å². The zero-order valence-electron chi connectivity index (χ0n) is 11.4. The van der Waals surface area contributed by atoms with E-state index in [4.69, 9.17) is 10.5 Å². The maximum atomic E-state index is 12.5. The van der Waals surface area contributed by atoms with Crippen molar-refractivity contribution in [2.75, 3.05) is 13.2 Å². The van der Waals surface area contributed by atoms with Gasteiger partial charge in [-0.05, 0) is 23.1 Å². The van der Waals surface area contributed by atoms with Crippen LogP contribution < -0.4 is 10.5 Å². The first-order valence-electron chi connectivity index (χ1n) is 6.14. The van der Waals surface area contributed by atoms with Crippen molar-refractivity contribution in [3.63, 3.8) is 0 Å². The van der Waals surface area contributed by atoms with Crippen molar-refractivity contribution in [2.45, 2.75) is 32.4 Å². The van der Waals surface area contributed by atoms with Crippen LogP contribution in [0.1, 0.15) is 26.3 Å². The van der Waals surface area contributed by atoms with Crippen molar-refractivity contribution in [1.29, 1.82) is 0 Å². The lowest BCUT2D eigenvalue weighted by molar-refractivity contribution is -0.178. The van der Waals surface area contributed by atoms with Gasteiger partial charge in [0.2, 0.25) is 0 Å². The van der Waals surface area contributed by atoms with Gasteiger partial charge in [-0.1, -0.05) is 32.9 Å². The van der Waals surface area contributed by atoms with Crippen LogP contribution in [0.5, 0.6) is 5.75 Å². The molecule has 19 heavy (non-hydrogen) atoms. The number of hydrogen-bond donors (Lipinski definition) is 1. The molecule has 0 spiro atoms. The smallest absolute Gasteiger partial charge is 0.396 e. The van der Waals surface area contributed by atoms with Gasteiger partial charge in [0.05, 0.1) is 0 Å². The predicted molar refractivity (Wildman–Crippen MR) is 69.2 cm³/mol. The van der Waals surface area contributed by atoms with Crippen LogP contribution in [-0.4, -0.2) is 19.3 Å². The summed E-state index contributed by atoms with van der Waals surface area (Å²) in [6.45, 7) is 5.18. The molecule has 0 saturated heterocycles. The molecule has 1 atom stereocenters. The average Bonchev–Trinajstić information content (AvgIpc) is 2.27. The molecule has 0 aromatic heterocycles. The molecule has 5 heteroatoms. The molecule has 0 bridgehead atoms. The van der Waals surface area contributed by atoms with Crippen LogP contribution in [0.3, 0.4) is 0 Å². The highest BCUT2D eigenvalue weighted by molar-refractivity contribution is 5.32. The summed E-state index contributed by atoms with van der Waals surface area (Å²) in [6.07, 6.45) is -4.32. The first-order chi connectivity index (χ1) is 8.64. The van der Waals surface area contributed by atoms with Crippen molar-refractivity contribution in [3.8, 4) is 5.75 Å². The molecule has 2 N–H and O–H groups in total. The Morgan fingerprint density at radius 2 is 1.84 bits per heavy atom. The van der Waals surface area contributed by atoms with Gasteiger partial charge >= 0.3 is 6.18 Å². The Morgan fingerprint density at radius 3 is 2.32 bits per heavy atom. The second-order valence-corrected chi connectivity index (χ2v) is 5.56. The summed E-state index contributed by atoms with van der Waals surface area (Å²) in [5.74, 6) is -1.19. The third-order valence-electron chi connectivity index (χ3n) is 2.90. The zero-order valence-corrected chi connectivity index (χ0v) is 11.4. The monoisotopic (exact) mass is 275 g/mol. The summed E-state index contributed by atoms with van der Waals surface area (Å²) in [4.78, 5) is 0. The van der Waals surface area contributed by atoms with Crippen molar-refractivity contribution < 1.29 is 17.9 Å². The Bertz CT molecular complexity index is 410. The molecule has 1 aromatic carbocycles. The SMILES string of the molecule is CC(C)(C)c1cccc(OCC(CN)C(F)(F)F)c1. The highest BCUT2D eigenvalue weighted by atomic mass is 19.4. The number of benzene rings is 1. The van der Waals surface area contributed by atoms with E-state index in [0.717, 1.165) is 5.56 Å². The number of hydrogen-bond acceptors (Lipinski definition) is 2. The lowest BCUT2D eigenvalue weighted by Gasteiger charge is -2.21. The minimum atomic E-state index is -4.32. The third kappa shape index (κ3) is 4.74. The number of alkyl halides is 3. The van der Waals surface area contributed by atoms with E-state index in [1.807, 2.05) is 26.8 Å². The fraction of sp³-hybridized carbons (Fsp3) is 0.571. The quantitative estimate of drug-likeness (QED) is 0.912. The van der Waals surface area contributed by atoms with Gasteiger partial charge in [-0.2, -0.15) is 13.2 Å². The van der Waals surface area contributed by atoms with Crippen molar-refractivity contribution in [3.05, 3.63) is 29.8 Å². The largest absolute Gasteiger partial charge is 0.493 e. The molecule has 1 unspecified atom stereocenters. The zero-order chi connectivity index (χ0) is 14.7. The molecule has 1 rings (SSSR count). The fourth-order valence-electron chi connectivity index (χ4n) is 1.55. The van der Waals surface area contributed by atoms with Crippen LogP contribution in [0.4, 0.5) is 13.2 Å². The van der Waals surface area contributed by atoms with Crippen LogP contribution in [0.15, 0.2) is 24.3 Å². The molecular formula is C14H20F3NO. The van der Waals surface area contributed by atoms with E-state index in [-0.39, 0.29) is 5.41 Å². The molecule has 0 fully saturated rings. The van der Waals surface area contributed by atoms with E-state index in [9.17, 15) is 13.2 Å². The number of rotatable bonds is 4. The second-order valence-electron chi connectivity index (χ2n) is 5.56. The first kappa shape index (κ1) is 15.8. The summed E-state index contributed by atoms with van der Waals surface area (Å²) in [5, 5.41) is 0. The standard InChI is InChI=1S/C14H20F3NO/c1-13(2,3)10-5-4-6-12(7-10)19-9-11(8-18)14(15,16)17/h4-7,11H,8-9,18H2,1-3H3. The number of halogens is 3. The summed E-state index contributed by atoms with van der Waals surface area (Å²) in [6, 6.07) is 7.13. The van der Waals surface area contributed by atoms with Gasteiger partial charge in [-0.25, -0.2) is 0 Å². The Morgan fingerprint density at radius 1 is 1.21 bits per heavy atom. The molecule has 0 amide bonds. The Labute approximate surface area is 111 Å². The normalized spacial score (nSPS) is 14.3. The number of ether oxygens (including phenoxy) is 1. The molecule has 1 aromatic rings. The van der Waals surface area contributed by atoms with E-state index in [2.05, 4.69) is 0 Å². The lowest BCUT2D eigenvalue weighted by Crippen LogP contribution is -2.35. The summed E-state index contributed by atoms with van der Waals surface area (Å²) in [7, 11) is 0. The fourth-order valence-corrected chi connectivity index (χ4v) is 1.55. The van der Waals surface area contributed by atoms with E-state index < -0.39 is 25.2 Å². The van der Waals surface area contributed by atoms with E-state index >= 15 is 0 Å². The van der Waals surface area contributed by atoms with Crippen molar-refractivity contribution in [1.82, 2.24) is 0 Å². The highest BCUT2D eigenvalue weighted by Crippen LogP contribution is 2.28. The molecule has 0 heterocycles. The van der Waals surface area contributed by atoms with E-state index in [1.165, 1.54) is 0 Å². The lowest BCUT2D eigenvalue weighted by atomic mass is 9.87. The molecule has 0 aliphatic carbocycles. The summed E-state index contributed by atoms with van der Waals surface area (Å²) < 4.78 is 42.8. The van der Waals surface area contributed by atoms with Gasteiger partial charge < -0.3 is 10.5 Å². The predicted octanol–water partition coefficient (Wildman–Crippen LogP) is 3.50. The Balaban J connectivity index is 2.73. The molecule has 108 valence electrons. The van der Waals surface area contributed by atoms with Gasteiger partial charge in [0.1, 0.15) is 18.3 Å². The third-order valence-corrected chi connectivity index (χ3v) is 2.90. The van der Waals surface area contributed by atoms with Gasteiger partial charge in [-0.15, -0.1) is 0 Å². The molecule has 0 radical (unpaired) electrons. The maximum Gasteiger partial charge on any atom is 0.396 e. The van der Waals surface area contributed by atoms with Gasteiger partial charge in [-0.3, -0.25) is 0 Å². The maximum absolute atomic E-state index is 12.5. The second kappa shape index (κ2) is 5.82. The topological polar surface area (TPSA) is 35.2 Å². The van der Waals surface area contributed by atoms with Gasteiger partial charge in [0, 0.05) is 6.54 Å². The molecule has 2 nitrogen and oxygen atoms in total. The molecule has 0 aliphatic heterocycles. The Kier molecular flexibility index (Phi) is 4.85. The van der Waals surface area contributed by atoms with Crippen LogP contribution in [0, 0.1) is 5.92 Å². The van der Waals surface area contributed by atoms with E-state index in [1.54, 1.807) is 18.2 Å². The average molecular weight is 275 g/mol. The van der Waals surface area contributed by atoms with Crippen LogP contribution >= 0.6 is 0 Å². The molecule has 0 saturated carbocycles. The molecular weight excluding hydrogens is 255 g/mol. The first-order valence-corrected chi connectivity index (χ1v) is 6.14. The van der Waals surface area contributed by atoms with Crippen molar-refractivity contribution >= 4 is 0 Å². The van der Waals surface area contributed by atoms with Gasteiger partial charge in [0.25, 0.3) is 0 Å². The van der Waals surface area contributed by atoms with E-state index in [0.29, 0.717) is 5.75 Å². The highest BCUT2D eigenvalue weighted by Gasteiger charge is 2.39. The van der Waals surface area contributed by atoms with Crippen LogP contribution in [0.25, 0.3) is 0 Å². The van der Waals surface area contributed by atoms with Crippen LogP contribution in [-0.2, 0) is 5.41 Å².